The van der Waals surface area contributed by atoms with Crippen molar-refractivity contribution in [3.05, 3.63) is 29.8 Å². The van der Waals surface area contributed by atoms with Gasteiger partial charge in [0.25, 0.3) is 0 Å². The molecular weight excluding hydrogens is 268 g/mol. The molecule has 1 aromatic rings. The van der Waals surface area contributed by atoms with E-state index >= 15 is 0 Å². The second-order valence-electron chi connectivity index (χ2n) is 3.92. The molecule has 1 aromatic carbocycles. The van der Waals surface area contributed by atoms with E-state index in [9.17, 15) is 8.42 Å². The van der Waals surface area contributed by atoms with Crippen LogP contribution in [0.15, 0.2) is 29.4 Å². The molecule has 0 radical (unpaired) electrons. The van der Waals surface area contributed by atoms with Gasteiger partial charge in [-0.05, 0) is 18.6 Å². The van der Waals surface area contributed by atoms with Crippen LogP contribution in [0.1, 0.15) is 18.9 Å². The number of hydrogen-bond donors (Lipinski definition) is 2. The number of amidine groups is 1. The number of nitrogens with two attached hydrogens (primary N) is 1. The second-order valence-corrected chi connectivity index (χ2v) is 6.39. The fourth-order valence-electron chi connectivity index (χ4n) is 1.46. The zero-order chi connectivity index (χ0) is 14.3. The van der Waals surface area contributed by atoms with Gasteiger partial charge in [-0.15, -0.1) is 0 Å². The Balaban J connectivity index is 2.59. The average molecular weight is 286 g/mol. The lowest BCUT2D eigenvalue weighted by molar-refractivity contribution is 0.311. The molecule has 7 heteroatoms. The van der Waals surface area contributed by atoms with Gasteiger partial charge in [0.05, 0.1) is 17.9 Å². The van der Waals surface area contributed by atoms with E-state index in [1.54, 1.807) is 31.2 Å². The number of benzene rings is 1. The Morgan fingerprint density at radius 1 is 1.42 bits per heavy atom. The molecule has 0 spiro atoms. The van der Waals surface area contributed by atoms with Crippen molar-refractivity contribution in [2.75, 3.05) is 18.1 Å². The molecule has 0 unspecified atom stereocenters. The van der Waals surface area contributed by atoms with Crippen molar-refractivity contribution in [1.29, 1.82) is 0 Å². The third kappa shape index (κ3) is 4.78. The Morgan fingerprint density at radius 3 is 2.74 bits per heavy atom. The molecular formula is C12H18N2O4S. The highest BCUT2D eigenvalue weighted by Crippen LogP contribution is 2.17. The van der Waals surface area contributed by atoms with Crippen LogP contribution in [0.2, 0.25) is 0 Å². The first-order chi connectivity index (χ1) is 9.00. The fourth-order valence-corrected chi connectivity index (χ4v) is 2.31. The summed E-state index contributed by atoms with van der Waals surface area (Å²) in [6.07, 6.45) is 0.403. The fraction of sp³-hybridized carbons (Fsp3) is 0.417. The van der Waals surface area contributed by atoms with Crippen LogP contribution in [-0.4, -0.2) is 37.6 Å². The molecule has 0 saturated carbocycles. The number of para-hydroxylation sites is 1. The first kappa shape index (κ1) is 15.3. The largest absolute Gasteiger partial charge is 0.493 e. The number of ether oxygens (including phenoxy) is 1. The summed E-state index contributed by atoms with van der Waals surface area (Å²) in [5.74, 6) is 0.645. The molecule has 0 aromatic heterocycles. The summed E-state index contributed by atoms with van der Waals surface area (Å²) >= 11 is 0. The molecule has 0 aliphatic heterocycles. The van der Waals surface area contributed by atoms with Gasteiger partial charge in [0.2, 0.25) is 0 Å². The molecule has 0 atom stereocenters. The first-order valence-corrected chi connectivity index (χ1v) is 7.72. The minimum atomic E-state index is -2.97. The summed E-state index contributed by atoms with van der Waals surface area (Å²) in [7, 11) is -2.97. The molecule has 19 heavy (non-hydrogen) atoms. The molecule has 6 nitrogen and oxygen atoms in total. The van der Waals surface area contributed by atoms with E-state index in [0.717, 1.165) is 0 Å². The van der Waals surface area contributed by atoms with Crippen LogP contribution in [0.5, 0.6) is 5.75 Å². The standard InChI is InChI=1S/C12H18N2O4S/c1-2-19(16,17)9-5-8-18-11-7-4-3-6-10(11)12(13)14-15/h3-4,6-7,15H,2,5,8-9H2,1H3,(H2,13,14). The van der Waals surface area contributed by atoms with Crippen molar-refractivity contribution in [2.45, 2.75) is 13.3 Å². The minimum Gasteiger partial charge on any atom is -0.493 e. The molecule has 0 aliphatic carbocycles. The molecule has 106 valence electrons. The Bertz CT molecular complexity index is 540. The van der Waals surface area contributed by atoms with Gasteiger partial charge in [0, 0.05) is 5.75 Å². The number of nitrogens with zero attached hydrogens (tertiary/aromatic N) is 1. The van der Waals surface area contributed by atoms with Crippen LogP contribution >= 0.6 is 0 Å². The van der Waals surface area contributed by atoms with Crippen molar-refractivity contribution in [2.24, 2.45) is 10.9 Å². The Kier molecular flexibility index (Phi) is 5.62. The minimum absolute atomic E-state index is 0.0446. The molecule has 1 rings (SSSR count). The quantitative estimate of drug-likeness (QED) is 0.256. The van der Waals surface area contributed by atoms with Gasteiger partial charge in [0.15, 0.2) is 5.84 Å². The topological polar surface area (TPSA) is 102 Å². The summed E-state index contributed by atoms with van der Waals surface area (Å²) in [5.41, 5.74) is 5.99. The molecule has 0 fully saturated rings. The van der Waals surface area contributed by atoms with Crippen molar-refractivity contribution < 1.29 is 18.4 Å². The summed E-state index contributed by atoms with van der Waals surface area (Å²) in [6, 6.07) is 6.84. The Labute approximate surface area is 112 Å². The van der Waals surface area contributed by atoms with Crippen molar-refractivity contribution in [3.63, 3.8) is 0 Å². The maximum atomic E-state index is 11.3. The van der Waals surface area contributed by atoms with Crippen LogP contribution in [-0.2, 0) is 9.84 Å². The van der Waals surface area contributed by atoms with Crippen LogP contribution < -0.4 is 10.5 Å². The molecule has 3 N–H and O–H groups in total. The third-order valence-electron chi connectivity index (χ3n) is 2.57. The monoisotopic (exact) mass is 286 g/mol. The van der Waals surface area contributed by atoms with E-state index in [4.69, 9.17) is 15.7 Å². The molecule has 0 saturated heterocycles. The maximum Gasteiger partial charge on any atom is 0.173 e. The van der Waals surface area contributed by atoms with Crippen LogP contribution in [0.3, 0.4) is 0 Å². The number of hydrogen-bond acceptors (Lipinski definition) is 5. The second kappa shape index (κ2) is 6.98. The van der Waals surface area contributed by atoms with Crippen molar-refractivity contribution >= 4 is 15.7 Å². The SMILES string of the molecule is CCS(=O)(=O)CCCOc1ccccc1C(N)=NO. The first-order valence-electron chi connectivity index (χ1n) is 5.90. The summed E-state index contributed by atoms with van der Waals surface area (Å²) < 4.78 is 28.1. The molecule has 0 amide bonds. The van der Waals surface area contributed by atoms with E-state index in [1.807, 2.05) is 0 Å². The molecule has 0 bridgehead atoms. The zero-order valence-electron chi connectivity index (χ0n) is 10.7. The van der Waals surface area contributed by atoms with Gasteiger partial charge in [-0.1, -0.05) is 24.2 Å². The van der Waals surface area contributed by atoms with Gasteiger partial charge in [-0.2, -0.15) is 0 Å². The van der Waals surface area contributed by atoms with E-state index in [1.165, 1.54) is 0 Å². The van der Waals surface area contributed by atoms with Crippen LogP contribution in [0.25, 0.3) is 0 Å². The predicted molar refractivity (Wildman–Crippen MR) is 73.4 cm³/mol. The van der Waals surface area contributed by atoms with Crippen LogP contribution in [0.4, 0.5) is 0 Å². The number of oxime groups is 1. The number of sulfone groups is 1. The lowest BCUT2D eigenvalue weighted by atomic mass is 10.2. The van der Waals surface area contributed by atoms with Gasteiger partial charge in [-0.25, -0.2) is 8.42 Å². The van der Waals surface area contributed by atoms with Gasteiger partial charge >= 0.3 is 0 Å². The van der Waals surface area contributed by atoms with Crippen LogP contribution in [0, 0.1) is 0 Å². The van der Waals surface area contributed by atoms with Crippen molar-refractivity contribution in [1.82, 2.24) is 0 Å². The predicted octanol–water partition coefficient (Wildman–Crippen LogP) is 0.985. The summed E-state index contributed by atoms with van der Waals surface area (Å²) in [6.45, 7) is 1.87. The third-order valence-corrected chi connectivity index (χ3v) is 4.36. The average Bonchev–Trinajstić information content (AvgIpc) is 2.43. The molecule has 0 heterocycles. The Hall–Kier alpha value is -1.76. The Morgan fingerprint density at radius 2 is 2.11 bits per heavy atom. The highest BCUT2D eigenvalue weighted by atomic mass is 32.2. The summed E-state index contributed by atoms with van der Waals surface area (Å²) in [4.78, 5) is 0. The van der Waals surface area contributed by atoms with E-state index in [2.05, 4.69) is 5.16 Å². The smallest absolute Gasteiger partial charge is 0.173 e. The highest BCUT2D eigenvalue weighted by molar-refractivity contribution is 7.91. The summed E-state index contributed by atoms with van der Waals surface area (Å²) in [5, 5.41) is 11.6. The highest BCUT2D eigenvalue weighted by Gasteiger charge is 2.09. The maximum absolute atomic E-state index is 11.3. The zero-order valence-corrected chi connectivity index (χ0v) is 11.6. The van der Waals surface area contributed by atoms with E-state index < -0.39 is 9.84 Å². The van der Waals surface area contributed by atoms with Gasteiger partial charge in [-0.3, -0.25) is 0 Å². The van der Waals surface area contributed by atoms with Gasteiger partial charge in [0.1, 0.15) is 15.6 Å². The lowest BCUT2D eigenvalue weighted by Gasteiger charge is -2.10. The van der Waals surface area contributed by atoms with Gasteiger partial charge < -0.3 is 15.7 Å². The number of rotatable bonds is 7. The molecule has 0 aliphatic rings. The van der Waals surface area contributed by atoms with E-state index in [-0.39, 0.29) is 23.9 Å². The van der Waals surface area contributed by atoms with E-state index in [0.29, 0.717) is 17.7 Å². The van der Waals surface area contributed by atoms with Crippen molar-refractivity contribution in [3.8, 4) is 5.75 Å². The normalized spacial score (nSPS) is 12.4. The lowest BCUT2D eigenvalue weighted by Crippen LogP contribution is -2.16.